The van der Waals surface area contributed by atoms with Gasteiger partial charge < -0.3 is 5.32 Å². The van der Waals surface area contributed by atoms with Crippen molar-refractivity contribution in [3.05, 3.63) is 65.0 Å². The minimum absolute atomic E-state index is 0.163. The molecule has 2 aromatic rings. The summed E-state index contributed by atoms with van der Waals surface area (Å²) in [5.74, 6) is -0.163. The summed E-state index contributed by atoms with van der Waals surface area (Å²) in [6, 6.07) is 13.0. The lowest BCUT2D eigenvalue weighted by atomic mass is 10.1. The molecule has 0 heterocycles. The van der Waals surface area contributed by atoms with Crippen molar-refractivity contribution in [1.82, 2.24) is 0 Å². The first kappa shape index (κ1) is 11.6. The van der Waals surface area contributed by atoms with Gasteiger partial charge in [0.2, 0.25) is 0 Å². The van der Waals surface area contributed by atoms with E-state index in [1.54, 1.807) is 12.1 Å². The lowest BCUT2D eigenvalue weighted by Crippen LogP contribution is -2.01. The lowest BCUT2D eigenvalue weighted by molar-refractivity contribution is 0.613. The predicted octanol–water partition coefficient (Wildman–Crippen LogP) is 4.05. The highest BCUT2D eigenvalue weighted by molar-refractivity contribution is 5.48. The van der Waals surface area contributed by atoms with Crippen LogP contribution < -0.4 is 5.32 Å². The van der Waals surface area contributed by atoms with Crippen LogP contribution in [-0.2, 0) is 6.54 Å². The summed E-state index contributed by atoms with van der Waals surface area (Å²) in [4.78, 5) is 0. The molecule has 0 aliphatic heterocycles. The Balaban J connectivity index is 2.08. The van der Waals surface area contributed by atoms with Crippen molar-refractivity contribution in [3.63, 3.8) is 0 Å². The van der Waals surface area contributed by atoms with Crippen LogP contribution in [0, 0.1) is 19.7 Å². The van der Waals surface area contributed by atoms with Crippen LogP contribution in [0.5, 0.6) is 0 Å². The molecule has 0 aliphatic rings. The maximum Gasteiger partial charge on any atom is 0.128 e. The highest BCUT2D eigenvalue weighted by atomic mass is 19.1. The molecule has 2 heteroatoms. The van der Waals surface area contributed by atoms with Crippen LogP contribution in [0.3, 0.4) is 0 Å². The molecule has 2 aromatic carbocycles. The Bertz CT molecular complexity index is 520. The third-order valence-corrected chi connectivity index (χ3v) is 2.95. The molecule has 1 N–H and O–H groups in total. The van der Waals surface area contributed by atoms with E-state index in [-0.39, 0.29) is 5.82 Å². The van der Waals surface area contributed by atoms with Crippen LogP contribution in [0.15, 0.2) is 42.5 Å². The van der Waals surface area contributed by atoms with Gasteiger partial charge in [-0.1, -0.05) is 24.3 Å². The van der Waals surface area contributed by atoms with Gasteiger partial charge in [-0.05, 0) is 43.2 Å². The normalized spacial score (nSPS) is 10.3. The fourth-order valence-corrected chi connectivity index (χ4v) is 1.69. The predicted molar refractivity (Wildman–Crippen MR) is 69.6 cm³/mol. The van der Waals surface area contributed by atoms with Gasteiger partial charge >= 0.3 is 0 Å². The summed E-state index contributed by atoms with van der Waals surface area (Å²) in [6.07, 6.45) is 0. The van der Waals surface area contributed by atoms with Gasteiger partial charge in [0.05, 0.1) is 0 Å². The lowest BCUT2D eigenvalue weighted by Gasteiger charge is -2.09. The molecule has 1 nitrogen and oxygen atoms in total. The van der Waals surface area contributed by atoms with Crippen LogP contribution in [0.1, 0.15) is 16.7 Å². The van der Waals surface area contributed by atoms with Crippen molar-refractivity contribution in [2.75, 3.05) is 5.32 Å². The summed E-state index contributed by atoms with van der Waals surface area (Å²) in [5, 5.41) is 3.23. The van der Waals surface area contributed by atoms with Gasteiger partial charge in [-0.3, -0.25) is 0 Å². The molecule has 0 bridgehead atoms. The maximum atomic E-state index is 13.4. The molecular formula is C15H16FN. The zero-order valence-corrected chi connectivity index (χ0v) is 10.1. The second-order valence-corrected chi connectivity index (χ2v) is 4.24. The Kier molecular flexibility index (Phi) is 3.43. The van der Waals surface area contributed by atoms with Crippen molar-refractivity contribution in [2.45, 2.75) is 20.4 Å². The van der Waals surface area contributed by atoms with Crippen molar-refractivity contribution < 1.29 is 4.39 Å². The number of anilines is 1. The van der Waals surface area contributed by atoms with E-state index in [1.165, 1.54) is 17.2 Å². The number of nitrogens with one attached hydrogen (secondary N) is 1. The molecule has 0 amide bonds. The van der Waals surface area contributed by atoms with Crippen LogP contribution in [0.25, 0.3) is 0 Å². The largest absolute Gasteiger partial charge is 0.381 e. The Labute approximate surface area is 101 Å². The fourth-order valence-electron chi connectivity index (χ4n) is 1.69. The topological polar surface area (TPSA) is 12.0 Å². The summed E-state index contributed by atoms with van der Waals surface area (Å²) in [7, 11) is 0. The minimum Gasteiger partial charge on any atom is -0.381 e. The zero-order chi connectivity index (χ0) is 12.3. The van der Waals surface area contributed by atoms with Gasteiger partial charge in [-0.2, -0.15) is 0 Å². The number of rotatable bonds is 3. The second-order valence-electron chi connectivity index (χ2n) is 4.24. The van der Waals surface area contributed by atoms with E-state index in [4.69, 9.17) is 0 Å². The third kappa shape index (κ3) is 2.84. The van der Waals surface area contributed by atoms with Crippen molar-refractivity contribution in [2.24, 2.45) is 0 Å². The standard InChI is InChI=1S/C15H16FN/c1-11-7-8-14(9-12(11)2)17-10-13-5-3-4-6-15(13)16/h3-9,17H,10H2,1-2H3. The monoisotopic (exact) mass is 229 g/mol. The second kappa shape index (κ2) is 5.00. The van der Waals surface area contributed by atoms with Gasteiger partial charge in [0, 0.05) is 17.8 Å². The first-order valence-electron chi connectivity index (χ1n) is 5.71. The first-order chi connectivity index (χ1) is 8.16. The number of benzene rings is 2. The van der Waals surface area contributed by atoms with Gasteiger partial charge in [-0.15, -0.1) is 0 Å². The Hall–Kier alpha value is -1.83. The van der Waals surface area contributed by atoms with E-state index in [9.17, 15) is 4.39 Å². The molecule has 0 spiro atoms. The minimum atomic E-state index is -0.163. The average Bonchev–Trinajstić information content (AvgIpc) is 2.32. The smallest absolute Gasteiger partial charge is 0.128 e. The summed E-state index contributed by atoms with van der Waals surface area (Å²) in [6.45, 7) is 4.66. The zero-order valence-electron chi connectivity index (χ0n) is 10.1. The van der Waals surface area contributed by atoms with Crippen molar-refractivity contribution in [1.29, 1.82) is 0 Å². The Morgan fingerprint density at radius 2 is 1.76 bits per heavy atom. The van der Waals surface area contributed by atoms with Gasteiger partial charge in [0.15, 0.2) is 0 Å². The molecule has 88 valence electrons. The van der Waals surface area contributed by atoms with E-state index in [0.29, 0.717) is 12.1 Å². The summed E-state index contributed by atoms with van der Waals surface area (Å²) < 4.78 is 13.4. The van der Waals surface area contributed by atoms with Gasteiger partial charge in [0.25, 0.3) is 0 Å². The Morgan fingerprint density at radius 1 is 1.00 bits per heavy atom. The van der Waals surface area contributed by atoms with Crippen LogP contribution >= 0.6 is 0 Å². The number of hydrogen-bond acceptors (Lipinski definition) is 1. The third-order valence-electron chi connectivity index (χ3n) is 2.95. The molecule has 0 fully saturated rings. The number of aryl methyl sites for hydroxylation is 2. The molecule has 17 heavy (non-hydrogen) atoms. The average molecular weight is 229 g/mol. The first-order valence-corrected chi connectivity index (χ1v) is 5.71. The quantitative estimate of drug-likeness (QED) is 0.837. The van der Waals surface area contributed by atoms with Crippen LogP contribution in [0.4, 0.5) is 10.1 Å². The number of hydrogen-bond donors (Lipinski definition) is 1. The van der Waals surface area contributed by atoms with E-state index >= 15 is 0 Å². The van der Waals surface area contributed by atoms with Crippen LogP contribution in [0.2, 0.25) is 0 Å². The molecule has 0 atom stereocenters. The number of halogens is 1. The van der Waals surface area contributed by atoms with E-state index in [0.717, 1.165) is 5.69 Å². The van der Waals surface area contributed by atoms with Crippen molar-refractivity contribution in [3.8, 4) is 0 Å². The van der Waals surface area contributed by atoms with Gasteiger partial charge in [-0.25, -0.2) is 4.39 Å². The molecule has 2 rings (SSSR count). The van der Waals surface area contributed by atoms with E-state index < -0.39 is 0 Å². The molecule has 0 saturated carbocycles. The maximum absolute atomic E-state index is 13.4. The molecule has 0 aromatic heterocycles. The summed E-state index contributed by atoms with van der Waals surface area (Å²) in [5.41, 5.74) is 4.21. The molecule has 0 radical (unpaired) electrons. The van der Waals surface area contributed by atoms with Crippen molar-refractivity contribution >= 4 is 5.69 Å². The van der Waals surface area contributed by atoms with E-state index in [1.807, 2.05) is 12.1 Å². The SMILES string of the molecule is Cc1ccc(NCc2ccccc2F)cc1C. The molecule has 0 unspecified atom stereocenters. The fraction of sp³-hybridized carbons (Fsp3) is 0.200. The summed E-state index contributed by atoms with van der Waals surface area (Å²) >= 11 is 0. The molecular weight excluding hydrogens is 213 g/mol. The molecule has 0 aliphatic carbocycles. The van der Waals surface area contributed by atoms with E-state index in [2.05, 4.69) is 31.3 Å². The van der Waals surface area contributed by atoms with Crippen LogP contribution in [-0.4, -0.2) is 0 Å². The highest BCUT2D eigenvalue weighted by Gasteiger charge is 2.00. The Morgan fingerprint density at radius 3 is 2.47 bits per heavy atom. The molecule has 0 saturated heterocycles. The highest BCUT2D eigenvalue weighted by Crippen LogP contribution is 2.16. The van der Waals surface area contributed by atoms with Gasteiger partial charge in [0.1, 0.15) is 5.82 Å².